The molecule has 0 amide bonds. The van der Waals surface area contributed by atoms with Gasteiger partial charge in [0.05, 0.1) is 24.2 Å². The molecule has 1 fully saturated rings. The van der Waals surface area contributed by atoms with Gasteiger partial charge in [-0.25, -0.2) is 4.99 Å². The van der Waals surface area contributed by atoms with Gasteiger partial charge in [0, 0.05) is 48.5 Å². The number of allylic oxidation sites excluding steroid dienone is 2. The molecule has 6 nitrogen and oxygen atoms in total. The maximum Gasteiger partial charge on any atom is 0.314 e. The van der Waals surface area contributed by atoms with Gasteiger partial charge < -0.3 is 14.4 Å². The molecular formula is C24H29ClN4O2. The summed E-state index contributed by atoms with van der Waals surface area (Å²) in [6.07, 6.45) is 15.1. The Balaban J connectivity index is 1.68. The number of rotatable bonds is 2. The maximum atomic E-state index is 6.33. The zero-order chi connectivity index (χ0) is 21.7. The summed E-state index contributed by atoms with van der Waals surface area (Å²) in [5, 5.41) is 0.623. The zero-order valence-electron chi connectivity index (χ0n) is 18.4. The average Bonchev–Trinajstić information content (AvgIpc) is 3.12. The van der Waals surface area contributed by atoms with E-state index in [9.17, 15) is 0 Å². The highest BCUT2D eigenvalue weighted by Crippen LogP contribution is 2.65. The Bertz CT molecular complexity index is 1020. The second-order valence-corrected chi connectivity index (χ2v) is 10.3. The van der Waals surface area contributed by atoms with Crippen LogP contribution in [0.5, 0.6) is 0 Å². The Morgan fingerprint density at radius 1 is 1.19 bits per heavy atom. The minimum atomic E-state index is -0.454. The lowest BCUT2D eigenvalue weighted by Gasteiger charge is -2.59. The van der Waals surface area contributed by atoms with Crippen molar-refractivity contribution in [2.24, 2.45) is 20.8 Å². The monoisotopic (exact) mass is 440 g/mol. The average molecular weight is 441 g/mol. The van der Waals surface area contributed by atoms with Crippen molar-refractivity contribution in [2.75, 3.05) is 27.3 Å². The SMILES string of the molecule is CN(C)C=NC1=NC2(C=C(c3cncc(Cl)c3)C3=COC[C@]4(C)CCCCC34C2)CO1. The molecule has 0 bridgehead atoms. The predicted octanol–water partition coefficient (Wildman–Crippen LogP) is 4.72. The first kappa shape index (κ1) is 20.6. The summed E-state index contributed by atoms with van der Waals surface area (Å²) in [5.74, 6) is 0. The van der Waals surface area contributed by atoms with E-state index in [1.54, 1.807) is 12.5 Å². The van der Waals surface area contributed by atoms with Crippen LogP contribution in [0.3, 0.4) is 0 Å². The zero-order valence-corrected chi connectivity index (χ0v) is 19.2. The molecule has 2 aliphatic heterocycles. The molecule has 4 aliphatic rings. The lowest BCUT2D eigenvalue weighted by molar-refractivity contribution is -0.0589. The number of hydrogen-bond acceptors (Lipinski definition) is 5. The van der Waals surface area contributed by atoms with Gasteiger partial charge in [0.15, 0.2) is 0 Å². The second-order valence-electron chi connectivity index (χ2n) is 9.81. The van der Waals surface area contributed by atoms with Crippen molar-refractivity contribution in [1.82, 2.24) is 9.88 Å². The third kappa shape index (κ3) is 3.36. The summed E-state index contributed by atoms with van der Waals surface area (Å²) in [6, 6.07) is 2.43. The van der Waals surface area contributed by atoms with Gasteiger partial charge in [-0.15, -0.1) is 0 Å². The highest BCUT2D eigenvalue weighted by atomic mass is 35.5. The summed E-state index contributed by atoms with van der Waals surface area (Å²) in [5.41, 5.74) is 2.94. The standard InChI is InChI=1S/C24H29ClN4O2/c1-22-6-4-5-7-24(22)13-23(15-31-21(28-23)27-16-29(2)3)9-19(20(24)12-30-14-22)17-8-18(25)11-26-10-17/h8-12,16H,4-7,13-15H2,1-3H3/t22-,23?,24?/m0/s1. The van der Waals surface area contributed by atoms with Gasteiger partial charge in [-0.05, 0) is 37.0 Å². The molecule has 7 heteroatoms. The van der Waals surface area contributed by atoms with Crippen LogP contribution < -0.4 is 0 Å². The number of amidine groups is 1. The van der Waals surface area contributed by atoms with Crippen LogP contribution in [0.4, 0.5) is 0 Å². The van der Waals surface area contributed by atoms with Gasteiger partial charge in [0.25, 0.3) is 0 Å². The Morgan fingerprint density at radius 3 is 2.84 bits per heavy atom. The highest BCUT2D eigenvalue weighted by molar-refractivity contribution is 6.30. The molecule has 2 unspecified atom stereocenters. The Hall–Kier alpha value is -2.34. The molecule has 0 saturated heterocycles. The van der Waals surface area contributed by atoms with E-state index >= 15 is 0 Å². The van der Waals surface area contributed by atoms with Gasteiger partial charge in [0.2, 0.25) is 0 Å². The number of halogens is 1. The molecule has 0 radical (unpaired) electrons. The van der Waals surface area contributed by atoms with Gasteiger partial charge in [-0.2, -0.15) is 4.99 Å². The van der Waals surface area contributed by atoms with Gasteiger partial charge >= 0.3 is 6.02 Å². The van der Waals surface area contributed by atoms with E-state index in [1.165, 1.54) is 18.4 Å². The number of aliphatic imine (C=N–C) groups is 2. The summed E-state index contributed by atoms with van der Waals surface area (Å²) in [6.45, 7) is 3.62. The van der Waals surface area contributed by atoms with Crippen molar-refractivity contribution >= 4 is 29.5 Å². The molecule has 2 aliphatic carbocycles. The molecule has 164 valence electrons. The summed E-state index contributed by atoms with van der Waals surface area (Å²) in [4.78, 5) is 15.7. The van der Waals surface area contributed by atoms with E-state index in [0.29, 0.717) is 17.7 Å². The fourth-order valence-corrected chi connectivity index (χ4v) is 6.03. The predicted molar refractivity (Wildman–Crippen MR) is 123 cm³/mol. The van der Waals surface area contributed by atoms with E-state index in [1.807, 2.05) is 37.5 Å². The van der Waals surface area contributed by atoms with Gasteiger partial charge in [0.1, 0.15) is 12.1 Å². The highest BCUT2D eigenvalue weighted by Gasteiger charge is 2.60. The van der Waals surface area contributed by atoms with Crippen LogP contribution in [0.2, 0.25) is 5.02 Å². The Labute approximate surface area is 188 Å². The van der Waals surface area contributed by atoms with Crippen LogP contribution in [0, 0.1) is 10.8 Å². The molecule has 0 aromatic carbocycles. The van der Waals surface area contributed by atoms with E-state index in [2.05, 4.69) is 23.0 Å². The quantitative estimate of drug-likeness (QED) is 0.493. The first-order valence-corrected chi connectivity index (χ1v) is 11.3. The largest absolute Gasteiger partial charge is 0.500 e. The summed E-state index contributed by atoms with van der Waals surface area (Å²) >= 11 is 6.33. The lowest BCUT2D eigenvalue weighted by Crippen LogP contribution is -2.54. The molecule has 5 rings (SSSR count). The molecule has 1 aromatic rings. The van der Waals surface area contributed by atoms with Crippen molar-refractivity contribution in [3.8, 4) is 0 Å². The fourth-order valence-electron chi connectivity index (χ4n) is 5.85. The minimum absolute atomic E-state index is 0.0243. The molecule has 2 spiro atoms. The summed E-state index contributed by atoms with van der Waals surface area (Å²) in [7, 11) is 3.87. The third-order valence-corrected chi connectivity index (χ3v) is 7.56. The molecule has 1 saturated carbocycles. The van der Waals surface area contributed by atoms with Crippen molar-refractivity contribution in [3.63, 3.8) is 0 Å². The van der Waals surface area contributed by atoms with E-state index < -0.39 is 5.54 Å². The van der Waals surface area contributed by atoms with Crippen LogP contribution in [0.25, 0.3) is 5.57 Å². The van der Waals surface area contributed by atoms with E-state index in [-0.39, 0.29) is 10.8 Å². The van der Waals surface area contributed by atoms with Crippen molar-refractivity contribution in [3.05, 3.63) is 47.0 Å². The molecule has 31 heavy (non-hydrogen) atoms. The Kier molecular flexibility index (Phi) is 4.88. The molecule has 3 heterocycles. The van der Waals surface area contributed by atoms with Gasteiger partial charge in [-0.3, -0.25) is 4.98 Å². The molecule has 3 atom stereocenters. The number of aromatic nitrogens is 1. The molecule has 1 aromatic heterocycles. The van der Waals surface area contributed by atoms with Crippen LogP contribution in [0.1, 0.15) is 44.6 Å². The minimum Gasteiger partial charge on any atom is -0.500 e. The van der Waals surface area contributed by atoms with Gasteiger partial charge in [-0.1, -0.05) is 31.4 Å². The van der Waals surface area contributed by atoms with Crippen LogP contribution in [0.15, 0.2) is 46.4 Å². The third-order valence-electron chi connectivity index (χ3n) is 7.35. The van der Waals surface area contributed by atoms with E-state index in [0.717, 1.165) is 37.0 Å². The number of nitrogens with zero attached hydrogens (tertiary/aromatic N) is 4. The van der Waals surface area contributed by atoms with Crippen LogP contribution in [-0.2, 0) is 9.47 Å². The number of pyridine rings is 1. The summed E-state index contributed by atoms with van der Waals surface area (Å²) < 4.78 is 12.1. The fraction of sp³-hybridized carbons (Fsp3) is 0.542. The van der Waals surface area contributed by atoms with Crippen molar-refractivity contribution in [1.29, 1.82) is 0 Å². The first-order valence-electron chi connectivity index (χ1n) is 10.9. The van der Waals surface area contributed by atoms with Crippen molar-refractivity contribution in [2.45, 2.75) is 44.6 Å². The van der Waals surface area contributed by atoms with Crippen molar-refractivity contribution < 1.29 is 9.47 Å². The number of ether oxygens (including phenoxy) is 2. The Morgan fingerprint density at radius 2 is 2.03 bits per heavy atom. The lowest BCUT2D eigenvalue weighted by atomic mass is 9.47. The molecular weight excluding hydrogens is 412 g/mol. The molecule has 0 N–H and O–H groups in total. The topological polar surface area (TPSA) is 59.3 Å². The van der Waals surface area contributed by atoms with Crippen LogP contribution >= 0.6 is 11.6 Å². The normalized spacial score (nSPS) is 34.3. The maximum absolute atomic E-state index is 6.33. The number of hydrogen-bond donors (Lipinski definition) is 0. The van der Waals surface area contributed by atoms with E-state index in [4.69, 9.17) is 26.1 Å². The van der Waals surface area contributed by atoms with Crippen LogP contribution in [-0.4, -0.2) is 55.1 Å². The second kappa shape index (κ2) is 7.37. The smallest absolute Gasteiger partial charge is 0.314 e. The first-order chi connectivity index (χ1) is 14.8.